The highest BCUT2D eigenvalue weighted by Crippen LogP contribution is 2.23. The third-order valence-electron chi connectivity index (χ3n) is 4.73. The van der Waals surface area contributed by atoms with E-state index in [1.165, 1.54) is 45.6 Å². The molecular weight excluding hydrogens is 367 g/mol. The molecule has 1 saturated heterocycles. The summed E-state index contributed by atoms with van der Waals surface area (Å²) in [6, 6.07) is 11.8. The summed E-state index contributed by atoms with van der Waals surface area (Å²) in [7, 11) is -3.61. The van der Waals surface area contributed by atoms with Crippen LogP contribution >= 0.6 is 0 Å². The van der Waals surface area contributed by atoms with E-state index < -0.39 is 10.0 Å². The van der Waals surface area contributed by atoms with E-state index in [0.717, 1.165) is 19.3 Å². The molecule has 1 amide bonds. The minimum atomic E-state index is -3.61. The number of anilines is 1. The summed E-state index contributed by atoms with van der Waals surface area (Å²) in [6.45, 7) is 3.22. The maximum Gasteiger partial charge on any atom is 0.258 e. The van der Waals surface area contributed by atoms with Gasteiger partial charge in [-0.05, 0) is 62.2 Å². The fourth-order valence-corrected chi connectivity index (χ4v) is 4.83. The molecule has 1 fully saturated rings. The first-order chi connectivity index (χ1) is 12.9. The number of nitrogens with zero attached hydrogens (tertiary/aromatic N) is 2. The van der Waals surface area contributed by atoms with Gasteiger partial charge in [-0.2, -0.15) is 4.31 Å². The Morgan fingerprint density at radius 2 is 1.74 bits per heavy atom. The van der Waals surface area contributed by atoms with Crippen LogP contribution in [0.2, 0.25) is 0 Å². The van der Waals surface area contributed by atoms with Crippen molar-refractivity contribution < 1.29 is 17.6 Å². The fraction of sp³-hybridized carbons (Fsp3) is 0.350. The quantitative estimate of drug-likeness (QED) is 0.783. The normalized spacial score (nSPS) is 15.5. The van der Waals surface area contributed by atoms with Crippen molar-refractivity contribution in [1.82, 2.24) is 4.31 Å². The zero-order valence-corrected chi connectivity index (χ0v) is 16.1. The molecule has 0 atom stereocenters. The molecule has 27 heavy (non-hydrogen) atoms. The number of carbonyl (C=O) groups excluding carboxylic acids is 1. The minimum absolute atomic E-state index is 0.130. The van der Waals surface area contributed by atoms with E-state index in [1.54, 1.807) is 12.1 Å². The van der Waals surface area contributed by atoms with Crippen LogP contribution in [-0.4, -0.2) is 38.3 Å². The Labute approximate surface area is 159 Å². The highest BCUT2D eigenvalue weighted by atomic mass is 32.2. The first kappa shape index (κ1) is 19.5. The average Bonchev–Trinajstić information content (AvgIpc) is 2.70. The Hall–Kier alpha value is -2.25. The minimum Gasteiger partial charge on any atom is -0.309 e. The molecule has 144 valence electrons. The van der Waals surface area contributed by atoms with Crippen LogP contribution < -0.4 is 4.90 Å². The third-order valence-corrected chi connectivity index (χ3v) is 6.63. The Morgan fingerprint density at radius 3 is 2.37 bits per heavy atom. The van der Waals surface area contributed by atoms with E-state index in [0.29, 0.717) is 30.9 Å². The molecule has 0 unspecified atom stereocenters. The second-order valence-electron chi connectivity index (χ2n) is 6.52. The van der Waals surface area contributed by atoms with Gasteiger partial charge in [0.05, 0.1) is 4.90 Å². The van der Waals surface area contributed by atoms with E-state index in [-0.39, 0.29) is 16.6 Å². The van der Waals surface area contributed by atoms with Gasteiger partial charge in [-0.3, -0.25) is 4.79 Å². The molecule has 2 aromatic carbocycles. The highest BCUT2D eigenvalue weighted by molar-refractivity contribution is 7.89. The molecule has 1 heterocycles. The van der Waals surface area contributed by atoms with Crippen LogP contribution in [-0.2, 0) is 10.0 Å². The molecule has 1 aliphatic rings. The Kier molecular flexibility index (Phi) is 5.92. The van der Waals surface area contributed by atoms with E-state index in [1.807, 2.05) is 6.92 Å². The lowest BCUT2D eigenvalue weighted by atomic mass is 10.2. The van der Waals surface area contributed by atoms with Crippen LogP contribution in [0.5, 0.6) is 0 Å². The predicted octanol–water partition coefficient (Wildman–Crippen LogP) is 3.67. The largest absolute Gasteiger partial charge is 0.309 e. The molecule has 0 N–H and O–H groups in total. The molecule has 7 heteroatoms. The first-order valence-electron chi connectivity index (χ1n) is 9.11. The fourth-order valence-electron chi connectivity index (χ4n) is 3.26. The molecule has 2 aromatic rings. The van der Waals surface area contributed by atoms with Crippen LogP contribution in [0.15, 0.2) is 53.4 Å². The van der Waals surface area contributed by atoms with Crippen molar-refractivity contribution in [3.8, 4) is 0 Å². The van der Waals surface area contributed by atoms with Gasteiger partial charge in [0.2, 0.25) is 10.0 Å². The smallest absolute Gasteiger partial charge is 0.258 e. The highest BCUT2D eigenvalue weighted by Gasteiger charge is 2.27. The van der Waals surface area contributed by atoms with Gasteiger partial charge < -0.3 is 4.90 Å². The van der Waals surface area contributed by atoms with Crippen molar-refractivity contribution in [3.63, 3.8) is 0 Å². The molecule has 0 aromatic heterocycles. The molecular formula is C20H23FN2O3S. The summed E-state index contributed by atoms with van der Waals surface area (Å²) in [5.74, 6) is -0.698. The van der Waals surface area contributed by atoms with E-state index in [9.17, 15) is 17.6 Å². The number of sulfonamides is 1. The number of rotatable bonds is 5. The van der Waals surface area contributed by atoms with Gasteiger partial charge in [0.15, 0.2) is 0 Å². The van der Waals surface area contributed by atoms with E-state index >= 15 is 0 Å². The van der Waals surface area contributed by atoms with Crippen molar-refractivity contribution in [2.24, 2.45) is 0 Å². The van der Waals surface area contributed by atoms with Crippen molar-refractivity contribution in [3.05, 3.63) is 59.9 Å². The molecule has 0 aliphatic carbocycles. The SMILES string of the molecule is CCN(C(=O)c1cccc(S(=O)(=O)N2CCCCC2)c1)c1ccc(F)cc1. The van der Waals surface area contributed by atoms with Crippen molar-refractivity contribution in [2.45, 2.75) is 31.1 Å². The summed E-state index contributed by atoms with van der Waals surface area (Å²) < 4.78 is 40.4. The Bertz CT molecular complexity index is 907. The zero-order valence-electron chi connectivity index (χ0n) is 15.3. The maximum absolute atomic E-state index is 13.2. The average molecular weight is 390 g/mol. The van der Waals surface area contributed by atoms with Gasteiger partial charge >= 0.3 is 0 Å². The van der Waals surface area contributed by atoms with Crippen LogP contribution in [0, 0.1) is 5.82 Å². The zero-order chi connectivity index (χ0) is 19.4. The number of carbonyl (C=O) groups is 1. The van der Waals surface area contributed by atoms with Gasteiger partial charge in [-0.1, -0.05) is 12.5 Å². The molecule has 0 spiro atoms. The van der Waals surface area contributed by atoms with E-state index in [4.69, 9.17) is 0 Å². The van der Waals surface area contributed by atoms with Crippen LogP contribution in [0.4, 0.5) is 10.1 Å². The molecule has 5 nitrogen and oxygen atoms in total. The lowest BCUT2D eigenvalue weighted by Gasteiger charge is -2.26. The number of halogens is 1. The van der Waals surface area contributed by atoms with E-state index in [2.05, 4.69) is 0 Å². The molecule has 3 rings (SSSR count). The van der Waals surface area contributed by atoms with Gasteiger partial charge in [0.25, 0.3) is 5.91 Å². The van der Waals surface area contributed by atoms with Crippen molar-refractivity contribution in [2.75, 3.05) is 24.5 Å². The summed E-state index contributed by atoms with van der Waals surface area (Å²) in [4.78, 5) is 14.6. The lowest BCUT2D eigenvalue weighted by molar-refractivity contribution is 0.0988. The summed E-state index contributed by atoms with van der Waals surface area (Å²) in [5, 5.41) is 0. The number of hydrogen-bond donors (Lipinski definition) is 0. The number of piperidine rings is 1. The Balaban J connectivity index is 1.89. The lowest BCUT2D eigenvalue weighted by Crippen LogP contribution is -2.36. The Morgan fingerprint density at radius 1 is 1.07 bits per heavy atom. The molecule has 0 saturated carbocycles. The van der Waals surface area contributed by atoms with Gasteiger partial charge in [0, 0.05) is 30.9 Å². The molecule has 0 radical (unpaired) electrons. The van der Waals surface area contributed by atoms with Gasteiger partial charge in [-0.15, -0.1) is 0 Å². The number of benzene rings is 2. The monoisotopic (exact) mass is 390 g/mol. The maximum atomic E-state index is 13.2. The van der Waals surface area contributed by atoms with Crippen molar-refractivity contribution >= 4 is 21.6 Å². The van der Waals surface area contributed by atoms with Gasteiger partial charge in [0.1, 0.15) is 5.82 Å². The second-order valence-corrected chi connectivity index (χ2v) is 8.46. The number of hydrogen-bond acceptors (Lipinski definition) is 3. The number of amides is 1. The summed E-state index contributed by atoms with van der Waals surface area (Å²) in [5.41, 5.74) is 0.854. The predicted molar refractivity (Wildman–Crippen MR) is 103 cm³/mol. The summed E-state index contributed by atoms with van der Waals surface area (Å²) in [6.07, 6.45) is 2.74. The molecule has 1 aliphatic heterocycles. The third kappa shape index (κ3) is 4.20. The van der Waals surface area contributed by atoms with Crippen LogP contribution in [0.1, 0.15) is 36.5 Å². The second kappa shape index (κ2) is 8.19. The first-order valence-corrected chi connectivity index (χ1v) is 10.5. The standard InChI is InChI=1S/C20H23FN2O3S/c1-2-23(18-11-9-17(21)10-12-18)20(24)16-7-6-8-19(15-16)27(25,26)22-13-4-3-5-14-22/h6-12,15H,2-5,13-14H2,1H3. The van der Waals surface area contributed by atoms with Crippen LogP contribution in [0.3, 0.4) is 0 Å². The van der Waals surface area contributed by atoms with Crippen molar-refractivity contribution in [1.29, 1.82) is 0 Å². The van der Waals surface area contributed by atoms with Gasteiger partial charge in [-0.25, -0.2) is 12.8 Å². The van der Waals surface area contributed by atoms with Crippen LogP contribution in [0.25, 0.3) is 0 Å². The topological polar surface area (TPSA) is 57.7 Å². The summed E-state index contributed by atoms with van der Waals surface area (Å²) >= 11 is 0. The molecule has 0 bridgehead atoms.